The van der Waals surface area contributed by atoms with Gasteiger partial charge in [-0.15, -0.1) is 0 Å². The minimum Gasteiger partial charge on any atom is -0.340 e. The second kappa shape index (κ2) is 5.74. The van der Waals surface area contributed by atoms with E-state index in [9.17, 15) is 4.79 Å². The normalized spacial score (nSPS) is 14.2. The summed E-state index contributed by atoms with van der Waals surface area (Å²) >= 11 is 11.8. The van der Waals surface area contributed by atoms with Gasteiger partial charge in [0.25, 0.3) is 5.91 Å². The Hall–Kier alpha value is -1.45. The maximum atomic E-state index is 12.7. The molecule has 1 amide bonds. The number of carbonyl (C=O) groups is 1. The Morgan fingerprint density at radius 2 is 2.10 bits per heavy atom. The highest BCUT2D eigenvalue weighted by atomic mass is 35.5. The molecule has 3 rings (SSSR count). The van der Waals surface area contributed by atoms with E-state index in [0.29, 0.717) is 28.5 Å². The van der Waals surface area contributed by atoms with E-state index in [1.807, 2.05) is 17.0 Å². The number of hydrogen-bond donors (Lipinski definition) is 1. The van der Waals surface area contributed by atoms with Crippen molar-refractivity contribution in [3.63, 3.8) is 0 Å². The molecule has 110 valence electrons. The minimum atomic E-state index is -0.0483. The third-order valence-electron chi connectivity index (χ3n) is 3.64. The topological polar surface area (TPSA) is 36.1 Å². The highest BCUT2D eigenvalue weighted by Gasteiger charge is 2.33. The van der Waals surface area contributed by atoms with Crippen molar-refractivity contribution in [2.75, 3.05) is 0 Å². The first-order valence-electron chi connectivity index (χ1n) is 6.95. The second-order valence-electron chi connectivity index (χ2n) is 5.50. The molecule has 0 saturated heterocycles. The lowest BCUT2D eigenvalue weighted by molar-refractivity contribution is 0.0724. The van der Waals surface area contributed by atoms with Gasteiger partial charge in [0.1, 0.15) is 10.8 Å². The zero-order valence-corrected chi connectivity index (χ0v) is 13.2. The van der Waals surface area contributed by atoms with Gasteiger partial charge in [0.2, 0.25) is 0 Å². The van der Waals surface area contributed by atoms with Crippen LogP contribution in [0.2, 0.25) is 10.2 Å². The first-order valence-corrected chi connectivity index (χ1v) is 7.70. The van der Waals surface area contributed by atoms with E-state index >= 15 is 0 Å². The van der Waals surface area contributed by atoms with Crippen LogP contribution >= 0.6 is 23.2 Å². The first kappa shape index (κ1) is 14.5. The summed E-state index contributed by atoms with van der Waals surface area (Å²) < 4.78 is 0. The molecule has 1 heterocycles. The van der Waals surface area contributed by atoms with Crippen LogP contribution in [0.25, 0.3) is 0 Å². The molecule has 1 saturated carbocycles. The van der Waals surface area contributed by atoms with Crippen molar-refractivity contribution in [1.82, 2.24) is 9.88 Å². The highest BCUT2D eigenvalue weighted by molar-refractivity contribution is 6.41. The van der Waals surface area contributed by atoms with Gasteiger partial charge in [-0.05, 0) is 31.4 Å². The van der Waals surface area contributed by atoms with Crippen LogP contribution in [0.3, 0.4) is 0 Å². The Morgan fingerprint density at radius 3 is 2.67 bits per heavy atom. The molecule has 0 aliphatic heterocycles. The van der Waals surface area contributed by atoms with Crippen molar-refractivity contribution in [2.45, 2.75) is 32.4 Å². The van der Waals surface area contributed by atoms with Crippen molar-refractivity contribution in [3.8, 4) is 0 Å². The van der Waals surface area contributed by atoms with Crippen LogP contribution in [-0.4, -0.2) is 21.8 Å². The summed E-state index contributed by atoms with van der Waals surface area (Å²) in [5.74, 6) is -0.0483. The predicted octanol–water partition coefficient (Wildman–Crippen LogP) is 4.43. The van der Waals surface area contributed by atoms with E-state index in [1.165, 1.54) is 5.56 Å². The molecule has 3 nitrogen and oxygen atoms in total. The van der Waals surface area contributed by atoms with Gasteiger partial charge in [-0.25, -0.2) is 0 Å². The quantitative estimate of drug-likeness (QED) is 0.887. The molecule has 1 N–H and O–H groups in total. The van der Waals surface area contributed by atoms with Gasteiger partial charge in [0, 0.05) is 12.6 Å². The number of benzene rings is 1. The minimum absolute atomic E-state index is 0.0483. The van der Waals surface area contributed by atoms with Crippen LogP contribution in [0.5, 0.6) is 0 Å². The van der Waals surface area contributed by atoms with E-state index in [2.05, 4.69) is 24.0 Å². The number of nitrogens with zero attached hydrogens (tertiary/aromatic N) is 1. The summed E-state index contributed by atoms with van der Waals surface area (Å²) in [5.41, 5.74) is 2.78. The number of aromatic nitrogens is 1. The van der Waals surface area contributed by atoms with Crippen molar-refractivity contribution >= 4 is 29.1 Å². The fraction of sp³-hybridized carbons (Fsp3) is 0.312. The molecule has 0 spiro atoms. The zero-order chi connectivity index (χ0) is 15.0. The zero-order valence-electron chi connectivity index (χ0n) is 11.7. The Labute approximate surface area is 133 Å². The molecule has 2 aromatic rings. The number of H-pyrrole nitrogens is 1. The van der Waals surface area contributed by atoms with Crippen LogP contribution in [0.4, 0.5) is 0 Å². The predicted molar refractivity (Wildman–Crippen MR) is 84.9 cm³/mol. The van der Waals surface area contributed by atoms with Crippen molar-refractivity contribution in [1.29, 1.82) is 0 Å². The number of aromatic amines is 1. The number of hydrogen-bond acceptors (Lipinski definition) is 1. The van der Waals surface area contributed by atoms with Crippen molar-refractivity contribution in [3.05, 3.63) is 57.3 Å². The number of rotatable bonds is 4. The lowest BCUT2D eigenvalue weighted by Gasteiger charge is -2.22. The Balaban J connectivity index is 1.83. The lowest BCUT2D eigenvalue weighted by Crippen LogP contribution is -2.32. The maximum Gasteiger partial charge on any atom is 0.270 e. The van der Waals surface area contributed by atoms with Crippen LogP contribution in [0, 0.1) is 6.92 Å². The molecule has 0 bridgehead atoms. The van der Waals surface area contributed by atoms with Gasteiger partial charge >= 0.3 is 0 Å². The third kappa shape index (κ3) is 3.25. The molecular formula is C16H16Cl2N2O. The van der Waals surface area contributed by atoms with Crippen LogP contribution in [-0.2, 0) is 6.54 Å². The van der Waals surface area contributed by atoms with Crippen LogP contribution in [0.1, 0.15) is 34.5 Å². The van der Waals surface area contributed by atoms with Crippen LogP contribution < -0.4 is 0 Å². The molecule has 5 heteroatoms. The van der Waals surface area contributed by atoms with E-state index in [-0.39, 0.29) is 5.91 Å². The first-order chi connectivity index (χ1) is 10.0. The van der Waals surface area contributed by atoms with Gasteiger partial charge in [-0.1, -0.05) is 53.0 Å². The van der Waals surface area contributed by atoms with E-state index in [0.717, 1.165) is 18.4 Å². The van der Waals surface area contributed by atoms with Gasteiger partial charge in [-0.3, -0.25) is 4.79 Å². The average Bonchev–Trinajstić information content (AvgIpc) is 3.22. The molecule has 1 aromatic heterocycles. The molecule has 21 heavy (non-hydrogen) atoms. The molecule has 1 fully saturated rings. The Bertz CT molecular complexity index is 657. The summed E-state index contributed by atoms with van der Waals surface area (Å²) in [6.07, 6.45) is 2.11. The molecular weight excluding hydrogens is 307 g/mol. The summed E-state index contributed by atoms with van der Waals surface area (Å²) in [5, 5.41) is 0.692. The number of aryl methyl sites for hydroxylation is 1. The van der Waals surface area contributed by atoms with E-state index in [1.54, 1.807) is 6.07 Å². The fourth-order valence-corrected chi connectivity index (χ4v) is 2.75. The summed E-state index contributed by atoms with van der Waals surface area (Å²) in [6, 6.07) is 10.1. The molecule has 1 aliphatic rings. The Kier molecular flexibility index (Phi) is 3.96. The number of amides is 1. The monoisotopic (exact) mass is 322 g/mol. The summed E-state index contributed by atoms with van der Waals surface area (Å²) in [7, 11) is 0. The standard InChI is InChI=1S/C16H16Cl2N2O/c1-10-3-2-4-11(7-10)9-20(12-5-6-12)16(21)14-8-13(17)15(18)19-14/h2-4,7-8,12,19H,5-6,9H2,1H3. The second-order valence-corrected chi connectivity index (χ2v) is 6.28. The number of carbonyl (C=O) groups excluding carboxylic acids is 1. The molecule has 0 atom stereocenters. The van der Waals surface area contributed by atoms with E-state index in [4.69, 9.17) is 23.2 Å². The van der Waals surface area contributed by atoms with Crippen molar-refractivity contribution < 1.29 is 4.79 Å². The third-order valence-corrected chi connectivity index (χ3v) is 4.33. The van der Waals surface area contributed by atoms with Gasteiger partial charge in [-0.2, -0.15) is 0 Å². The Morgan fingerprint density at radius 1 is 1.33 bits per heavy atom. The SMILES string of the molecule is Cc1cccc(CN(C(=O)c2cc(Cl)c(Cl)[nH]2)C2CC2)c1. The number of nitrogens with one attached hydrogen (secondary N) is 1. The van der Waals surface area contributed by atoms with Gasteiger partial charge in [0.15, 0.2) is 0 Å². The lowest BCUT2D eigenvalue weighted by atomic mass is 10.1. The molecule has 1 aromatic carbocycles. The molecule has 0 radical (unpaired) electrons. The van der Waals surface area contributed by atoms with Crippen LogP contribution in [0.15, 0.2) is 30.3 Å². The average molecular weight is 323 g/mol. The molecule has 0 unspecified atom stereocenters. The highest BCUT2D eigenvalue weighted by Crippen LogP contribution is 2.31. The smallest absolute Gasteiger partial charge is 0.270 e. The van der Waals surface area contributed by atoms with Crippen molar-refractivity contribution in [2.24, 2.45) is 0 Å². The largest absolute Gasteiger partial charge is 0.340 e. The fourth-order valence-electron chi connectivity index (χ4n) is 2.43. The van der Waals surface area contributed by atoms with Gasteiger partial charge < -0.3 is 9.88 Å². The number of halogens is 2. The summed E-state index contributed by atoms with van der Waals surface area (Å²) in [6.45, 7) is 2.66. The van der Waals surface area contributed by atoms with E-state index < -0.39 is 0 Å². The molecule has 1 aliphatic carbocycles. The maximum absolute atomic E-state index is 12.7. The summed E-state index contributed by atoms with van der Waals surface area (Å²) in [4.78, 5) is 17.4. The van der Waals surface area contributed by atoms with Gasteiger partial charge in [0.05, 0.1) is 5.02 Å².